The number of rotatable bonds is 7. The Hall–Kier alpha value is -1.13. The summed E-state index contributed by atoms with van der Waals surface area (Å²) < 4.78 is 74.2. The summed E-state index contributed by atoms with van der Waals surface area (Å²) >= 11 is 0. The van der Waals surface area contributed by atoms with Gasteiger partial charge in [-0.3, -0.25) is 4.79 Å². The fourth-order valence-electron chi connectivity index (χ4n) is 3.93. The number of esters is 1. The summed E-state index contributed by atoms with van der Waals surface area (Å²) in [5.74, 6) is -0.515. The highest BCUT2D eigenvalue weighted by atomic mass is 32.2. The molecule has 0 aromatic rings. The summed E-state index contributed by atoms with van der Waals surface area (Å²) in [6.07, 6.45) is 0.200. The Balaban J connectivity index is 2.00. The average molecular weight is 470 g/mol. The first-order chi connectivity index (χ1) is 14.3. The van der Waals surface area contributed by atoms with Crippen molar-refractivity contribution in [1.82, 2.24) is 4.31 Å². The van der Waals surface area contributed by atoms with Crippen LogP contribution in [0.2, 0.25) is 0 Å². The molecule has 0 aromatic carbocycles. The maximum absolute atomic E-state index is 13.5. The largest absolute Gasteiger partial charge is 0.459 e. The summed E-state index contributed by atoms with van der Waals surface area (Å²) in [5, 5.41) is 0. The standard InChI is InChI=1S/C21H34F3NO5S/c1-19(2,3)30-18(26)20(11-15-29-16-12-20)31(27,28)25-13-8-17(9-14-25)7-5-4-6-10-21(22,23)24/h4-5,17H,6-16H2,1-3H3. The van der Waals surface area contributed by atoms with E-state index in [1.54, 1.807) is 26.8 Å². The quantitative estimate of drug-likeness (QED) is 0.413. The molecule has 2 fully saturated rings. The summed E-state index contributed by atoms with van der Waals surface area (Å²) in [7, 11) is -3.95. The number of nitrogens with zero attached hydrogens (tertiary/aromatic N) is 1. The molecular weight excluding hydrogens is 435 g/mol. The van der Waals surface area contributed by atoms with Crippen LogP contribution < -0.4 is 0 Å². The number of hydrogen-bond acceptors (Lipinski definition) is 5. The Morgan fingerprint density at radius 2 is 1.71 bits per heavy atom. The number of allylic oxidation sites excluding steroid dienone is 2. The molecule has 0 atom stereocenters. The molecule has 180 valence electrons. The van der Waals surface area contributed by atoms with E-state index in [0.717, 1.165) is 0 Å². The molecule has 0 N–H and O–H groups in total. The summed E-state index contributed by atoms with van der Waals surface area (Å²) in [6.45, 7) is 6.05. The number of sulfonamides is 1. The molecule has 0 aliphatic carbocycles. The van der Waals surface area contributed by atoms with Crippen LogP contribution in [0.3, 0.4) is 0 Å². The molecule has 0 aromatic heterocycles. The third-order valence-corrected chi connectivity index (χ3v) is 8.32. The molecule has 31 heavy (non-hydrogen) atoms. The van der Waals surface area contributed by atoms with Gasteiger partial charge in [0.15, 0.2) is 4.75 Å². The molecule has 6 nitrogen and oxygen atoms in total. The fourth-order valence-corrected chi connectivity index (χ4v) is 6.05. The fraction of sp³-hybridized carbons (Fsp3) is 0.857. The van der Waals surface area contributed by atoms with Crippen molar-refractivity contribution < 1.29 is 35.9 Å². The zero-order valence-electron chi connectivity index (χ0n) is 18.5. The number of halogens is 3. The number of carbonyl (C=O) groups is 1. The highest BCUT2D eigenvalue weighted by Crippen LogP contribution is 2.37. The first-order valence-electron chi connectivity index (χ1n) is 10.8. The van der Waals surface area contributed by atoms with Crippen LogP contribution in [0.25, 0.3) is 0 Å². The van der Waals surface area contributed by atoms with Gasteiger partial charge in [-0.15, -0.1) is 0 Å². The zero-order valence-corrected chi connectivity index (χ0v) is 19.4. The van der Waals surface area contributed by atoms with E-state index in [-0.39, 0.29) is 51.5 Å². The van der Waals surface area contributed by atoms with E-state index in [1.165, 1.54) is 10.4 Å². The Kier molecular flexibility index (Phi) is 8.60. The number of piperidine rings is 1. The SMILES string of the molecule is CC(C)(C)OC(=O)C1(S(=O)(=O)N2CCC(CC=CCCC(F)(F)F)CC2)CCOCC1. The Morgan fingerprint density at radius 3 is 2.23 bits per heavy atom. The molecule has 0 spiro atoms. The van der Waals surface area contributed by atoms with Crippen molar-refractivity contribution in [1.29, 1.82) is 0 Å². The van der Waals surface area contributed by atoms with Gasteiger partial charge in [-0.2, -0.15) is 13.2 Å². The minimum atomic E-state index is -4.15. The first kappa shape index (κ1) is 26.1. The second-order valence-corrected chi connectivity index (χ2v) is 11.6. The topological polar surface area (TPSA) is 72.9 Å². The zero-order chi connectivity index (χ0) is 23.3. The third kappa shape index (κ3) is 7.18. The summed E-state index contributed by atoms with van der Waals surface area (Å²) in [6, 6.07) is 0. The molecular formula is C21H34F3NO5S. The molecule has 0 saturated carbocycles. The number of alkyl halides is 3. The monoisotopic (exact) mass is 469 g/mol. The highest BCUT2D eigenvalue weighted by molar-refractivity contribution is 7.91. The van der Waals surface area contributed by atoms with Crippen molar-refractivity contribution in [3.63, 3.8) is 0 Å². The van der Waals surface area contributed by atoms with Crippen LogP contribution in [0.5, 0.6) is 0 Å². The Labute approximate surface area is 183 Å². The van der Waals surface area contributed by atoms with Gasteiger partial charge < -0.3 is 9.47 Å². The minimum Gasteiger partial charge on any atom is -0.459 e. The van der Waals surface area contributed by atoms with Crippen LogP contribution in [0, 0.1) is 5.92 Å². The van der Waals surface area contributed by atoms with E-state index < -0.39 is 38.9 Å². The number of hydrogen-bond donors (Lipinski definition) is 0. The molecule has 2 aliphatic heterocycles. The molecule has 0 radical (unpaired) electrons. The first-order valence-corrected chi connectivity index (χ1v) is 12.2. The van der Waals surface area contributed by atoms with Gasteiger partial charge in [0.1, 0.15) is 5.60 Å². The van der Waals surface area contributed by atoms with Gasteiger partial charge in [-0.1, -0.05) is 12.2 Å². The minimum absolute atomic E-state index is 0.0444. The second-order valence-electron chi connectivity index (χ2n) is 9.32. The highest BCUT2D eigenvalue weighted by Gasteiger charge is 2.56. The smallest absolute Gasteiger partial charge is 0.389 e. The van der Waals surface area contributed by atoms with Crippen LogP contribution in [0.15, 0.2) is 12.2 Å². The average Bonchev–Trinajstić information content (AvgIpc) is 2.66. The van der Waals surface area contributed by atoms with Gasteiger partial charge in [0.2, 0.25) is 10.0 Å². The molecule has 2 heterocycles. The number of carbonyl (C=O) groups excluding carboxylic acids is 1. The van der Waals surface area contributed by atoms with Gasteiger partial charge in [0.25, 0.3) is 0 Å². The molecule has 0 unspecified atom stereocenters. The van der Waals surface area contributed by atoms with Crippen molar-refractivity contribution in [2.24, 2.45) is 5.92 Å². The van der Waals surface area contributed by atoms with E-state index in [1.807, 2.05) is 0 Å². The van der Waals surface area contributed by atoms with Crippen molar-refractivity contribution in [3.05, 3.63) is 12.2 Å². The lowest BCUT2D eigenvalue weighted by atomic mass is 9.94. The maximum Gasteiger partial charge on any atom is 0.389 e. The number of ether oxygens (including phenoxy) is 2. The predicted molar refractivity (Wildman–Crippen MR) is 111 cm³/mol. The van der Waals surface area contributed by atoms with Gasteiger partial charge >= 0.3 is 12.1 Å². The third-order valence-electron chi connectivity index (χ3n) is 5.71. The Morgan fingerprint density at radius 1 is 1.13 bits per heavy atom. The second kappa shape index (κ2) is 10.2. The van der Waals surface area contributed by atoms with Crippen LogP contribution in [0.4, 0.5) is 13.2 Å². The van der Waals surface area contributed by atoms with E-state index in [4.69, 9.17) is 9.47 Å². The van der Waals surface area contributed by atoms with E-state index >= 15 is 0 Å². The van der Waals surface area contributed by atoms with Crippen LogP contribution >= 0.6 is 0 Å². The van der Waals surface area contributed by atoms with Gasteiger partial charge in [-0.05, 0) is 52.4 Å². The molecule has 2 aliphatic rings. The van der Waals surface area contributed by atoms with Gasteiger partial charge in [-0.25, -0.2) is 12.7 Å². The van der Waals surface area contributed by atoms with Crippen molar-refractivity contribution >= 4 is 16.0 Å². The maximum atomic E-state index is 13.5. The molecule has 0 bridgehead atoms. The Bertz CT molecular complexity index is 729. The van der Waals surface area contributed by atoms with Gasteiger partial charge in [0, 0.05) is 45.6 Å². The van der Waals surface area contributed by atoms with E-state index in [0.29, 0.717) is 19.3 Å². The van der Waals surface area contributed by atoms with Crippen molar-refractivity contribution in [2.45, 2.75) is 82.2 Å². The van der Waals surface area contributed by atoms with Crippen LogP contribution in [0.1, 0.15) is 65.7 Å². The lowest BCUT2D eigenvalue weighted by molar-refractivity contribution is -0.161. The van der Waals surface area contributed by atoms with E-state index in [9.17, 15) is 26.4 Å². The van der Waals surface area contributed by atoms with E-state index in [2.05, 4.69) is 0 Å². The van der Waals surface area contributed by atoms with Crippen molar-refractivity contribution in [3.8, 4) is 0 Å². The molecule has 10 heteroatoms. The van der Waals surface area contributed by atoms with Crippen LogP contribution in [-0.4, -0.2) is 61.5 Å². The lowest BCUT2D eigenvalue weighted by Gasteiger charge is -2.41. The molecule has 2 saturated heterocycles. The summed E-state index contributed by atoms with van der Waals surface area (Å²) in [5.41, 5.74) is -0.802. The van der Waals surface area contributed by atoms with Crippen LogP contribution in [-0.2, 0) is 24.3 Å². The molecule has 0 amide bonds. The van der Waals surface area contributed by atoms with Crippen molar-refractivity contribution in [2.75, 3.05) is 26.3 Å². The van der Waals surface area contributed by atoms with Gasteiger partial charge in [0.05, 0.1) is 0 Å². The predicted octanol–water partition coefficient (Wildman–Crippen LogP) is 4.21. The normalized spacial score (nSPS) is 22.0. The summed E-state index contributed by atoms with van der Waals surface area (Å²) in [4.78, 5) is 13.0. The molecule has 2 rings (SSSR count). The lowest BCUT2D eigenvalue weighted by Crippen LogP contribution is -2.59.